The molecule has 1 aliphatic rings. The molecule has 0 amide bonds. The molecule has 3 aromatic rings. The molecular formula is C26H30Cl2Hf. The van der Waals surface area contributed by atoms with Gasteiger partial charge < -0.3 is 24.8 Å². The summed E-state index contributed by atoms with van der Waals surface area (Å²) in [4.78, 5) is 0. The summed E-state index contributed by atoms with van der Waals surface area (Å²) in [6.45, 7) is 13.7. The zero-order chi connectivity index (χ0) is 18.9. The van der Waals surface area contributed by atoms with E-state index in [4.69, 9.17) is 0 Å². The van der Waals surface area contributed by atoms with E-state index >= 15 is 0 Å². The normalized spacial score (nSPS) is 11.5. The van der Waals surface area contributed by atoms with E-state index in [-0.39, 0.29) is 61.5 Å². The number of rotatable bonds is 0. The van der Waals surface area contributed by atoms with Crippen LogP contribution >= 0.6 is 0 Å². The Balaban J connectivity index is 0.000000863. The Morgan fingerprint density at radius 3 is 1.93 bits per heavy atom. The van der Waals surface area contributed by atoms with Gasteiger partial charge in [0.25, 0.3) is 0 Å². The third kappa shape index (κ3) is 6.61. The van der Waals surface area contributed by atoms with Crippen molar-refractivity contribution in [2.45, 2.75) is 58.8 Å². The van der Waals surface area contributed by atoms with Crippen LogP contribution < -0.4 is 24.8 Å². The van der Waals surface area contributed by atoms with Crippen molar-refractivity contribution in [3.05, 3.63) is 89.0 Å². The zero-order valence-corrected chi connectivity index (χ0v) is 23.3. The van der Waals surface area contributed by atoms with E-state index in [1.54, 1.807) is 0 Å². The van der Waals surface area contributed by atoms with Crippen LogP contribution in [0.2, 0.25) is 0 Å². The van der Waals surface area contributed by atoms with Crippen LogP contribution in [0.15, 0.2) is 60.7 Å². The minimum atomic E-state index is 0. The summed E-state index contributed by atoms with van der Waals surface area (Å²) >= 11 is 0. The maximum absolute atomic E-state index is 3.55. The van der Waals surface area contributed by atoms with E-state index in [1.165, 1.54) is 33.4 Å². The first-order valence-electron chi connectivity index (χ1n) is 9.52. The Morgan fingerprint density at radius 1 is 0.828 bits per heavy atom. The number of hydrogen-bond donors (Lipinski definition) is 0. The molecule has 0 bridgehead atoms. The molecule has 0 N–H and O–H groups in total. The maximum atomic E-state index is 3.55. The van der Waals surface area contributed by atoms with Gasteiger partial charge in [0.2, 0.25) is 0 Å². The molecule has 0 saturated heterocycles. The fourth-order valence-electron chi connectivity index (χ4n) is 3.58. The fraction of sp³-hybridized carbons (Fsp3) is 0.346. The van der Waals surface area contributed by atoms with Crippen LogP contribution in [0.1, 0.15) is 63.8 Å². The van der Waals surface area contributed by atoms with Crippen molar-refractivity contribution in [1.82, 2.24) is 0 Å². The summed E-state index contributed by atoms with van der Waals surface area (Å²) in [6, 6.07) is 24.9. The molecule has 0 aliphatic heterocycles. The van der Waals surface area contributed by atoms with Gasteiger partial charge in [-0.2, -0.15) is 47.5 Å². The zero-order valence-electron chi connectivity index (χ0n) is 18.2. The standard InChI is InChI=1S/C21H25.C5H5.2ClH.Hf/c1-20(2,3)15-11-10-14-12-18-16(17(14)13-15)8-7-9-19(18)21(4,5)6;1-2-4-5-3-1;;;/h7-9,11,13H,12H2,1-6H3;1-5H;2*1H;/q2*-1;;;+4/p-2. The van der Waals surface area contributed by atoms with Crippen LogP contribution in [0.3, 0.4) is 0 Å². The van der Waals surface area contributed by atoms with Crippen LogP contribution in [0.5, 0.6) is 0 Å². The molecule has 0 fully saturated rings. The summed E-state index contributed by atoms with van der Waals surface area (Å²) in [5, 5.41) is 0. The average Bonchev–Trinajstić information content (AvgIpc) is 3.23. The molecular weight excluding hydrogens is 562 g/mol. The largest absolute Gasteiger partial charge is 4.00 e. The molecule has 0 aromatic heterocycles. The van der Waals surface area contributed by atoms with Gasteiger partial charge in [0.05, 0.1) is 0 Å². The van der Waals surface area contributed by atoms with E-state index in [0.29, 0.717) is 0 Å². The number of fused-ring (bicyclic) bond motifs is 3. The summed E-state index contributed by atoms with van der Waals surface area (Å²) < 4.78 is 0. The smallest absolute Gasteiger partial charge is 1.00 e. The van der Waals surface area contributed by atoms with Crippen molar-refractivity contribution in [3.8, 4) is 11.1 Å². The second-order valence-electron chi connectivity index (χ2n) is 9.25. The van der Waals surface area contributed by atoms with Crippen molar-refractivity contribution in [3.63, 3.8) is 0 Å². The van der Waals surface area contributed by atoms with Gasteiger partial charge in [-0.15, -0.1) is 5.56 Å². The van der Waals surface area contributed by atoms with Gasteiger partial charge in [0, 0.05) is 0 Å². The molecule has 29 heavy (non-hydrogen) atoms. The molecule has 3 aromatic carbocycles. The molecule has 0 saturated carbocycles. The van der Waals surface area contributed by atoms with Crippen LogP contribution in [-0.2, 0) is 43.1 Å². The molecule has 1 aliphatic carbocycles. The van der Waals surface area contributed by atoms with Gasteiger partial charge in [-0.1, -0.05) is 70.7 Å². The molecule has 0 spiro atoms. The number of halogens is 2. The number of hydrogen-bond acceptors (Lipinski definition) is 0. The third-order valence-electron chi connectivity index (χ3n) is 5.08. The molecule has 4 rings (SSSR count). The molecule has 0 unspecified atom stereocenters. The van der Waals surface area contributed by atoms with E-state index < -0.39 is 0 Å². The van der Waals surface area contributed by atoms with E-state index in [1.807, 2.05) is 30.3 Å². The molecule has 0 nitrogen and oxygen atoms in total. The molecule has 3 heteroatoms. The van der Waals surface area contributed by atoms with E-state index in [2.05, 4.69) is 77.9 Å². The molecule has 0 radical (unpaired) electrons. The Kier molecular flexibility index (Phi) is 10.7. The first-order chi connectivity index (χ1) is 12.2. The van der Waals surface area contributed by atoms with Crippen LogP contribution in [0.4, 0.5) is 0 Å². The van der Waals surface area contributed by atoms with Crippen molar-refractivity contribution in [1.29, 1.82) is 0 Å². The van der Waals surface area contributed by atoms with Crippen LogP contribution in [0.25, 0.3) is 11.1 Å². The summed E-state index contributed by atoms with van der Waals surface area (Å²) in [5.74, 6) is 0. The summed E-state index contributed by atoms with van der Waals surface area (Å²) in [5.41, 5.74) is 8.88. The van der Waals surface area contributed by atoms with Crippen LogP contribution in [0, 0.1) is 6.07 Å². The third-order valence-corrected chi connectivity index (χ3v) is 5.08. The minimum Gasteiger partial charge on any atom is -1.00 e. The topological polar surface area (TPSA) is 0 Å². The molecule has 0 atom stereocenters. The Morgan fingerprint density at radius 2 is 1.45 bits per heavy atom. The first-order valence-corrected chi connectivity index (χ1v) is 9.52. The van der Waals surface area contributed by atoms with Gasteiger partial charge >= 0.3 is 25.8 Å². The monoisotopic (exact) mass is 592 g/mol. The fourth-order valence-corrected chi connectivity index (χ4v) is 3.58. The van der Waals surface area contributed by atoms with Crippen molar-refractivity contribution < 1.29 is 50.7 Å². The average molecular weight is 592 g/mol. The quantitative estimate of drug-likeness (QED) is 0.212. The Labute approximate surface area is 208 Å². The van der Waals surface area contributed by atoms with E-state index in [9.17, 15) is 0 Å². The first kappa shape index (κ1) is 28.2. The van der Waals surface area contributed by atoms with Gasteiger partial charge in [0.1, 0.15) is 0 Å². The van der Waals surface area contributed by atoms with Gasteiger partial charge in [0.15, 0.2) is 0 Å². The SMILES string of the molecule is CC(C)(C)c1c[c-]c2c(c1)-c1cccc(C(C)(C)C)c1C2.[Cl-].[Cl-].[Hf+4].c1cc[cH-]c1. The summed E-state index contributed by atoms with van der Waals surface area (Å²) in [7, 11) is 0. The van der Waals surface area contributed by atoms with Crippen molar-refractivity contribution >= 4 is 0 Å². The summed E-state index contributed by atoms with van der Waals surface area (Å²) in [6.07, 6.45) is 1.03. The maximum Gasteiger partial charge on any atom is 4.00 e. The van der Waals surface area contributed by atoms with Crippen molar-refractivity contribution in [2.24, 2.45) is 0 Å². The molecule has 152 valence electrons. The van der Waals surface area contributed by atoms with Gasteiger partial charge in [-0.25, -0.2) is 12.1 Å². The predicted octanol–water partition coefficient (Wildman–Crippen LogP) is 1.06. The van der Waals surface area contributed by atoms with E-state index in [0.717, 1.165) is 6.42 Å². The molecule has 0 heterocycles. The number of benzene rings is 2. The second-order valence-corrected chi connectivity index (χ2v) is 9.25. The minimum absolute atomic E-state index is 0. The van der Waals surface area contributed by atoms with Crippen LogP contribution in [-0.4, -0.2) is 0 Å². The Bertz CT molecular complexity index is 865. The van der Waals surface area contributed by atoms with Crippen molar-refractivity contribution in [2.75, 3.05) is 0 Å². The second kappa shape index (κ2) is 11.0. The Hall–Kier alpha value is -0.760. The predicted molar refractivity (Wildman–Crippen MR) is 113 cm³/mol. The van der Waals surface area contributed by atoms with Gasteiger partial charge in [-0.3, -0.25) is 0 Å². The van der Waals surface area contributed by atoms with Gasteiger partial charge in [-0.05, 0) is 23.0 Å².